The zero-order chi connectivity index (χ0) is 22.6. The molecule has 0 saturated carbocycles. The molecule has 0 atom stereocenters. The maximum atomic E-state index is 13.0. The number of benzene rings is 3. The average Bonchev–Trinajstić information content (AvgIpc) is 2.75. The van der Waals surface area contributed by atoms with E-state index in [-0.39, 0.29) is 17.0 Å². The third-order valence-electron chi connectivity index (χ3n) is 4.17. The summed E-state index contributed by atoms with van der Waals surface area (Å²) in [6.07, 6.45) is 0. The fourth-order valence-corrected chi connectivity index (χ4v) is 4.09. The van der Waals surface area contributed by atoms with Crippen molar-refractivity contribution in [2.75, 3.05) is 17.1 Å². The van der Waals surface area contributed by atoms with Crippen molar-refractivity contribution >= 4 is 44.6 Å². The highest BCUT2D eigenvalue weighted by Gasteiger charge is 2.25. The normalized spacial score (nSPS) is 10.9. The smallest absolute Gasteiger partial charge is 0.271 e. The van der Waals surface area contributed by atoms with E-state index in [4.69, 9.17) is 16.3 Å². The first-order valence-corrected chi connectivity index (χ1v) is 10.6. The van der Waals surface area contributed by atoms with Gasteiger partial charge in [0.15, 0.2) is 0 Å². The maximum absolute atomic E-state index is 13.0. The number of hydrogen-bond donors (Lipinski definition) is 2. The number of ether oxygens (including phenoxy) is 1. The first kappa shape index (κ1) is 22.1. The van der Waals surface area contributed by atoms with Crippen LogP contribution in [0.15, 0.2) is 71.6 Å². The Morgan fingerprint density at radius 2 is 1.74 bits per heavy atom. The van der Waals surface area contributed by atoms with E-state index in [9.17, 15) is 23.3 Å². The Morgan fingerprint density at radius 1 is 1.06 bits per heavy atom. The summed E-state index contributed by atoms with van der Waals surface area (Å²) in [5.74, 6) is -0.646. The zero-order valence-electron chi connectivity index (χ0n) is 16.0. The highest BCUT2D eigenvalue weighted by molar-refractivity contribution is 7.92. The van der Waals surface area contributed by atoms with Gasteiger partial charge < -0.3 is 10.1 Å². The lowest BCUT2D eigenvalue weighted by Crippen LogP contribution is -2.19. The lowest BCUT2D eigenvalue weighted by atomic mass is 10.1. The first-order chi connectivity index (χ1) is 14.7. The van der Waals surface area contributed by atoms with Crippen molar-refractivity contribution < 1.29 is 22.9 Å². The summed E-state index contributed by atoms with van der Waals surface area (Å²) in [4.78, 5) is 22.6. The minimum Gasteiger partial charge on any atom is -0.495 e. The van der Waals surface area contributed by atoms with Gasteiger partial charge in [-0.15, -0.1) is 0 Å². The predicted molar refractivity (Wildman–Crippen MR) is 116 cm³/mol. The number of sulfonamides is 1. The highest BCUT2D eigenvalue weighted by atomic mass is 35.5. The van der Waals surface area contributed by atoms with Crippen molar-refractivity contribution in [3.63, 3.8) is 0 Å². The van der Waals surface area contributed by atoms with Gasteiger partial charge >= 0.3 is 0 Å². The van der Waals surface area contributed by atoms with Crippen LogP contribution in [0.2, 0.25) is 5.02 Å². The van der Waals surface area contributed by atoms with Gasteiger partial charge in [-0.2, -0.15) is 0 Å². The lowest BCUT2D eigenvalue weighted by Gasteiger charge is -2.14. The van der Waals surface area contributed by atoms with Crippen LogP contribution in [0.3, 0.4) is 0 Å². The molecule has 11 heteroatoms. The number of rotatable bonds is 7. The van der Waals surface area contributed by atoms with Gasteiger partial charge in [-0.1, -0.05) is 23.7 Å². The average molecular weight is 462 g/mol. The summed E-state index contributed by atoms with van der Waals surface area (Å²) < 4.78 is 33.3. The molecule has 2 N–H and O–H groups in total. The number of carbonyl (C=O) groups excluding carboxylic acids is 1. The molecule has 31 heavy (non-hydrogen) atoms. The molecule has 0 aliphatic heterocycles. The van der Waals surface area contributed by atoms with Crippen molar-refractivity contribution in [3.8, 4) is 5.75 Å². The van der Waals surface area contributed by atoms with E-state index in [2.05, 4.69) is 10.0 Å². The van der Waals surface area contributed by atoms with Crippen molar-refractivity contribution in [2.45, 2.75) is 4.90 Å². The van der Waals surface area contributed by atoms with Crippen LogP contribution in [0.5, 0.6) is 5.75 Å². The van der Waals surface area contributed by atoms with E-state index >= 15 is 0 Å². The number of nitro benzene ring substituents is 1. The molecule has 0 aromatic heterocycles. The Morgan fingerprint density at radius 3 is 2.39 bits per heavy atom. The molecule has 0 spiro atoms. The lowest BCUT2D eigenvalue weighted by molar-refractivity contribution is -0.385. The first-order valence-electron chi connectivity index (χ1n) is 8.72. The number of methoxy groups -OCH3 is 1. The van der Waals surface area contributed by atoms with Gasteiger partial charge in [0.05, 0.1) is 23.3 Å². The third kappa shape index (κ3) is 5.11. The number of carbonyl (C=O) groups is 1. The van der Waals surface area contributed by atoms with E-state index in [1.54, 1.807) is 36.4 Å². The molecule has 3 aromatic carbocycles. The Kier molecular flexibility index (Phi) is 6.42. The highest BCUT2D eigenvalue weighted by Crippen LogP contribution is 2.30. The van der Waals surface area contributed by atoms with Gasteiger partial charge in [0.25, 0.3) is 21.6 Å². The van der Waals surface area contributed by atoms with Crippen molar-refractivity contribution in [2.24, 2.45) is 0 Å². The molecule has 9 nitrogen and oxygen atoms in total. The number of amides is 1. The predicted octanol–water partition coefficient (Wildman–Crippen LogP) is 4.31. The molecule has 0 radical (unpaired) electrons. The zero-order valence-corrected chi connectivity index (χ0v) is 17.6. The molecule has 0 unspecified atom stereocenters. The largest absolute Gasteiger partial charge is 0.495 e. The molecule has 0 saturated heterocycles. The van der Waals surface area contributed by atoms with E-state index in [1.165, 1.54) is 25.3 Å². The summed E-state index contributed by atoms with van der Waals surface area (Å²) in [5.41, 5.74) is 0.0790. The molecule has 0 heterocycles. The van der Waals surface area contributed by atoms with E-state index in [0.717, 1.165) is 12.1 Å². The van der Waals surface area contributed by atoms with Crippen LogP contribution >= 0.6 is 11.6 Å². The Labute approximate surface area is 182 Å². The van der Waals surface area contributed by atoms with Gasteiger partial charge in [-0.05, 0) is 42.5 Å². The van der Waals surface area contributed by atoms with E-state index < -0.39 is 31.4 Å². The van der Waals surface area contributed by atoms with Crippen molar-refractivity contribution in [1.82, 2.24) is 0 Å². The van der Waals surface area contributed by atoms with Gasteiger partial charge in [0.2, 0.25) is 0 Å². The summed E-state index contributed by atoms with van der Waals surface area (Å²) >= 11 is 5.83. The molecular weight excluding hydrogens is 446 g/mol. The molecule has 0 aliphatic rings. The molecule has 0 fully saturated rings. The van der Waals surface area contributed by atoms with Crippen molar-refractivity contribution in [3.05, 3.63) is 87.4 Å². The topological polar surface area (TPSA) is 128 Å². The minimum absolute atomic E-state index is 0.0116. The Hall–Kier alpha value is -3.63. The Bertz CT molecular complexity index is 1250. The molecule has 160 valence electrons. The number of non-ortho nitro benzene ring substituents is 1. The summed E-state index contributed by atoms with van der Waals surface area (Å²) in [5, 5.41) is 14.2. The number of anilines is 2. The Balaban J connectivity index is 1.94. The second-order valence-electron chi connectivity index (χ2n) is 6.20. The molecular formula is C20H16ClN3O6S. The molecule has 0 aliphatic carbocycles. The van der Waals surface area contributed by atoms with Crippen LogP contribution in [-0.2, 0) is 10.0 Å². The van der Waals surface area contributed by atoms with Crippen LogP contribution in [0.25, 0.3) is 0 Å². The second-order valence-corrected chi connectivity index (χ2v) is 8.29. The maximum Gasteiger partial charge on any atom is 0.271 e. The SMILES string of the molecule is COc1ccc([N+](=O)[O-])cc1S(=O)(=O)Nc1ccccc1C(=O)Nc1ccc(Cl)cc1. The molecule has 0 bridgehead atoms. The summed E-state index contributed by atoms with van der Waals surface area (Å²) in [6, 6.07) is 15.5. The van der Waals surface area contributed by atoms with Gasteiger partial charge in [-0.3, -0.25) is 19.6 Å². The van der Waals surface area contributed by atoms with Crippen LogP contribution in [-0.4, -0.2) is 26.4 Å². The minimum atomic E-state index is -4.32. The van der Waals surface area contributed by atoms with Gasteiger partial charge in [0, 0.05) is 22.8 Å². The number of para-hydroxylation sites is 1. The van der Waals surface area contributed by atoms with Crippen LogP contribution < -0.4 is 14.8 Å². The van der Waals surface area contributed by atoms with Gasteiger partial charge in [0.1, 0.15) is 10.6 Å². The number of hydrogen-bond acceptors (Lipinski definition) is 6. The van der Waals surface area contributed by atoms with E-state index in [1.807, 2.05) is 0 Å². The van der Waals surface area contributed by atoms with Crippen molar-refractivity contribution in [1.29, 1.82) is 0 Å². The molecule has 1 amide bonds. The van der Waals surface area contributed by atoms with Crippen LogP contribution in [0.1, 0.15) is 10.4 Å². The monoisotopic (exact) mass is 461 g/mol. The standard InChI is InChI=1S/C20H16ClN3O6S/c1-30-18-11-10-15(24(26)27)12-19(18)31(28,29)23-17-5-3-2-4-16(17)20(25)22-14-8-6-13(21)7-9-14/h2-12,23H,1H3,(H,22,25). The quantitative estimate of drug-likeness (QED) is 0.398. The van der Waals surface area contributed by atoms with E-state index in [0.29, 0.717) is 10.7 Å². The number of nitro groups is 1. The van der Waals surface area contributed by atoms with Crippen LogP contribution in [0, 0.1) is 10.1 Å². The van der Waals surface area contributed by atoms with Crippen LogP contribution in [0.4, 0.5) is 17.1 Å². The number of halogens is 1. The number of nitrogens with zero attached hydrogens (tertiary/aromatic N) is 1. The fraction of sp³-hybridized carbons (Fsp3) is 0.0500. The van der Waals surface area contributed by atoms with Gasteiger partial charge in [-0.25, -0.2) is 8.42 Å². The number of nitrogens with one attached hydrogen (secondary N) is 2. The summed E-state index contributed by atoms with van der Waals surface area (Å²) in [6.45, 7) is 0. The molecule has 3 aromatic rings. The second kappa shape index (κ2) is 9.02. The fourth-order valence-electron chi connectivity index (χ4n) is 2.69. The third-order valence-corrected chi connectivity index (χ3v) is 5.80. The summed E-state index contributed by atoms with van der Waals surface area (Å²) in [7, 11) is -3.08. The molecule has 3 rings (SSSR count).